The number of aryl methyl sites for hydroxylation is 1. The molecule has 9 heteroatoms. The topological polar surface area (TPSA) is 112 Å². The van der Waals surface area contributed by atoms with E-state index in [0.29, 0.717) is 23.5 Å². The standard InChI is InChI=1S/C24H26N8O/c1-15-6-7-20-21(12-15)30-22(29-20)17-8-10-32(11-9-17)24-26-14-25-23(31-24)28-19-5-3-4-18(13-19)27-16(2)33/h3-7,12-14,17H,8-11H2,1-2H3,(H,27,33)(H,29,30)(H,25,26,28,31). The Morgan fingerprint density at radius 2 is 1.88 bits per heavy atom. The monoisotopic (exact) mass is 442 g/mol. The number of hydrogen-bond acceptors (Lipinski definition) is 7. The zero-order valence-electron chi connectivity index (χ0n) is 18.7. The molecule has 3 N–H and O–H groups in total. The Bertz CT molecular complexity index is 1290. The highest BCUT2D eigenvalue weighted by atomic mass is 16.1. The van der Waals surface area contributed by atoms with E-state index < -0.39 is 0 Å². The third kappa shape index (κ3) is 4.77. The quantitative estimate of drug-likeness (QED) is 0.426. The van der Waals surface area contributed by atoms with E-state index in [4.69, 9.17) is 4.98 Å². The second-order valence-corrected chi connectivity index (χ2v) is 8.40. The summed E-state index contributed by atoms with van der Waals surface area (Å²) in [6, 6.07) is 13.8. The molecule has 1 saturated heterocycles. The number of carbonyl (C=O) groups is 1. The smallest absolute Gasteiger partial charge is 0.231 e. The third-order valence-corrected chi connectivity index (χ3v) is 5.82. The van der Waals surface area contributed by atoms with Crippen LogP contribution in [0.25, 0.3) is 11.0 Å². The predicted octanol–water partition coefficient (Wildman–Crippen LogP) is 4.14. The molecule has 9 nitrogen and oxygen atoms in total. The fourth-order valence-electron chi connectivity index (χ4n) is 4.19. The lowest BCUT2D eigenvalue weighted by Gasteiger charge is -2.31. The third-order valence-electron chi connectivity index (χ3n) is 5.82. The summed E-state index contributed by atoms with van der Waals surface area (Å²) in [5.74, 6) is 2.46. The van der Waals surface area contributed by atoms with Crippen molar-refractivity contribution in [1.29, 1.82) is 0 Å². The number of nitrogens with one attached hydrogen (secondary N) is 3. The van der Waals surface area contributed by atoms with Gasteiger partial charge in [-0.05, 0) is 55.7 Å². The number of anilines is 4. The first kappa shape index (κ1) is 20.9. The molecule has 168 valence electrons. The molecule has 0 atom stereocenters. The Morgan fingerprint density at radius 3 is 2.70 bits per heavy atom. The van der Waals surface area contributed by atoms with E-state index in [1.807, 2.05) is 24.3 Å². The van der Waals surface area contributed by atoms with E-state index in [1.54, 1.807) is 0 Å². The lowest BCUT2D eigenvalue weighted by molar-refractivity contribution is -0.114. The summed E-state index contributed by atoms with van der Waals surface area (Å²) in [6.45, 7) is 5.27. The van der Waals surface area contributed by atoms with Gasteiger partial charge in [0.25, 0.3) is 0 Å². The van der Waals surface area contributed by atoms with Crippen LogP contribution in [-0.2, 0) is 4.79 Å². The highest BCUT2D eigenvalue weighted by Gasteiger charge is 2.24. The van der Waals surface area contributed by atoms with Crippen molar-refractivity contribution < 1.29 is 4.79 Å². The number of aromatic nitrogens is 5. The van der Waals surface area contributed by atoms with E-state index in [-0.39, 0.29) is 5.91 Å². The lowest BCUT2D eigenvalue weighted by atomic mass is 9.96. The van der Waals surface area contributed by atoms with E-state index in [1.165, 1.54) is 18.8 Å². The average molecular weight is 443 g/mol. The number of benzene rings is 2. The van der Waals surface area contributed by atoms with Gasteiger partial charge in [-0.25, -0.2) is 15.0 Å². The van der Waals surface area contributed by atoms with Crippen molar-refractivity contribution in [3.63, 3.8) is 0 Å². The molecule has 33 heavy (non-hydrogen) atoms. The molecule has 0 saturated carbocycles. The normalized spacial score (nSPS) is 14.4. The van der Waals surface area contributed by atoms with Crippen molar-refractivity contribution >= 4 is 40.2 Å². The molecule has 0 spiro atoms. The molecular weight excluding hydrogens is 416 g/mol. The van der Waals surface area contributed by atoms with E-state index in [0.717, 1.165) is 48.5 Å². The van der Waals surface area contributed by atoms with Crippen LogP contribution in [0.15, 0.2) is 48.8 Å². The van der Waals surface area contributed by atoms with Crippen LogP contribution in [0.4, 0.5) is 23.3 Å². The van der Waals surface area contributed by atoms with Crippen LogP contribution in [0.1, 0.15) is 37.1 Å². The SMILES string of the molecule is CC(=O)Nc1cccc(Nc2ncnc(N3CCC(c4nc5cc(C)ccc5[nH]4)CC3)n2)c1. The van der Waals surface area contributed by atoms with Crippen LogP contribution < -0.4 is 15.5 Å². The van der Waals surface area contributed by atoms with Gasteiger partial charge in [0.15, 0.2) is 0 Å². The number of carbonyl (C=O) groups excluding carboxylic acids is 1. The number of amides is 1. The van der Waals surface area contributed by atoms with Crippen LogP contribution in [-0.4, -0.2) is 43.9 Å². The fraction of sp³-hybridized carbons (Fsp3) is 0.292. The van der Waals surface area contributed by atoms with Crippen molar-refractivity contribution in [2.45, 2.75) is 32.6 Å². The molecule has 2 aromatic heterocycles. The van der Waals surface area contributed by atoms with Gasteiger partial charge in [-0.1, -0.05) is 12.1 Å². The first-order valence-corrected chi connectivity index (χ1v) is 11.1. The second-order valence-electron chi connectivity index (χ2n) is 8.40. The molecule has 1 aliphatic rings. The molecule has 1 amide bonds. The largest absolute Gasteiger partial charge is 0.342 e. The first-order valence-electron chi connectivity index (χ1n) is 11.1. The zero-order chi connectivity index (χ0) is 22.8. The van der Waals surface area contributed by atoms with E-state index >= 15 is 0 Å². The summed E-state index contributed by atoms with van der Waals surface area (Å²) in [5.41, 5.74) is 4.84. The van der Waals surface area contributed by atoms with Gasteiger partial charge in [0.2, 0.25) is 17.8 Å². The van der Waals surface area contributed by atoms with Gasteiger partial charge in [0.1, 0.15) is 12.2 Å². The maximum atomic E-state index is 11.3. The minimum absolute atomic E-state index is 0.115. The molecule has 1 aliphatic heterocycles. The molecule has 5 rings (SSSR count). The van der Waals surface area contributed by atoms with Crippen molar-refractivity contribution in [1.82, 2.24) is 24.9 Å². The molecule has 3 heterocycles. The molecule has 2 aromatic carbocycles. The van der Waals surface area contributed by atoms with Crippen molar-refractivity contribution in [3.05, 3.63) is 60.2 Å². The summed E-state index contributed by atoms with van der Waals surface area (Å²) < 4.78 is 0. The highest BCUT2D eigenvalue weighted by Crippen LogP contribution is 2.29. The summed E-state index contributed by atoms with van der Waals surface area (Å²) in [5, 5.41) is 5.97. The molecule has 0 bridgehead atoms. The van der Waals surface area contributed by atoms with Crippen molar-refractivity contribution in [2.75, 3.05) is 28.6 Å². The first-order chi connectivity index (χ1) is 16.0. The number of imidazole rings is 1. The zero-order valence-corrected chi connectivity index (χ0v) is 18.7. The van der Waals surface area contributed by atoms with Crippen molar-refractivity contribution in [2.24, 2.45) is 0 Å². The molecule has 4 aromatic rings. The predicted molar refractivity (Wildman–Crippen MR) is 129 cm³/mol. The minimum atomic E-state index is -0.115. The number of piperidine rings is 1. The van der Waals surface area contributed by atoms with Crippen molar-refractivity contribution in [3.8, 4) is 0 Å². The maximum absolute atomic E-state index is 11.3. The molecule has 1 fully saturated rings. The van der Waals surface area contributed by atoms with Gasteiger partial charge in [0.05, 0.1) is 11.0 Å². The number of nitrogens with zero attached hydrogens (tertiary/aromatic N) is 5. The van der Waals surface area contributed by atoms with Crippen LogP contribution in [0.3, 0.4) is 0 Å². The highest BCUT2D eigenvalue weighted by molar-refractivity contribution is 5.89. The second kappa shape index (κ2) is 8.85. The van der Waals surface area contributed by atoms with Gasteiger partial charge in [-0.3, -0.25) is 4.79 Å². The van der Waals surface area contributed by atoms with Crippen LogP contribution in [0.5, 0.6) is 0 Å². The van der Waals surface area contributed by atoms with E-state index in [9.17, 15) is 4.79 Å². The Hall–Kier alpha value is -4.01. The van der Waals surface area contributed by atoms with E-state index in [2.05, 4.69) is 60.6 Å². The summed E-state index contributed by atoms with van der Waals surface area (Å²) in [4.78, 5) is 35.1. The van der Waals surface area contributed by atoms with Crippen LogP contribution in [0.2, 0.25) is 0 Å². The molecule has 0 aliphatic carbocycles. The number of fused-ring (bicyclic) bond motifs is 1. The van der Waals surface area contributed by atoms with Crippen LogP contribution >= 0.6 is 0 Å². The number of aromatic amines is 1. The molecular formula is C24H26N8O. The van der Waals surface area contributed by atoms with Gasteiger partial charge in [0, 0.05) is 37.3 Å². The number of rotatable bonds is 5. The number of H-pyrrole nitrogens is 1. The summed E-state index contributed by atoms with van der Waals surface area (Å²) in [6.07, 6.45) is 3.48. The van der Waals surface area contributed by atoms with Gasteiger partial charge >= 0.3 is 0 Å². The van der Waals surface area contributed by atoms with Gasteiger partial charge < -0.3 is 20.5 Å². The number of hydrogen-bond donors (Lipinski definition) is 3. The van der Waals surface area contributed by atoms with Crippen LogP contribution in [0, 0.1) is 6.92 Å². The average Bonchev–Trinajstić information content (AvgIpc) is 3.22. The van der Waals surface area contributed by atoms with Gasteiger partial charge in [-0.15, -0.1) is 0 Å². The summed E-state index contributed by atoms with van der Waals surface area (Å²) in [7, 11) is 0. The molecule has 0 unspecified atom stereocenters. The Morgan fingerprint density at radius 1 is 1.06 bits per heavy atom. The molecule has 0 radical (unpaired) electrons. The Kier molecular flexibility index (Phi) is 5.60. The summed E-state index contributed by atoms with van der Waals surface area (Å²) >= 11 is 0. The minimum Gasteiger partial charge on any atom is -0.342 e. The van der Waals surface area contributed by atoms with Gasteiger partial charge in [-0.2, -0.15) is 4.98 Å². The lowest BCUT2D eigenvalue weighted by Crippen LogP contribution is -2.34. The maximum Gasteiger partial charge on any atom is 0.231 e. The fourth-order valence-corrected chi connectivity index (χ4v) is 4.19. The Labute approximate surface area is 191 Å². The Balaban J connectivity index is 1.25.